The molecule has 6 nitrogen and oxygen atoms in total. The molecule has 3 aromatic rings. The summed E-state index contributed by atoms with van der Waals surface area (Å²) in [5, 5.41) is 10.1. The Bertz CT molecular complexity index is 874. The van der Waals surface area contributed by atoms with E-state index in [-0.39, 0.29) is 0 Å². The van der Waals surface area contributed by atoms with Crippen LogP contribution in [0.1, 0.15) is 4.88 Å². The highest BCUT2D eigenvalue weighted by atomic mass is 32.1. The first-order valence-electron chi connectivity index (χ1n) is 9.96. The van der Waals surface area contributed by atoms with E-state index in [2.05, 4.69) is 56.0 Å². The number of nitrogens with zero attached hydrogens (tertiary/aromatic N) is 4. The molecular weight excluding hydrogens is 368 g/mol. The fourth-order valence-electron chi connectivity index (χ4n) is 3.45. The summed E-state index contributed by atoms with van der Waals surface area (Å²) in [5.74, 6) is 1.61. The quantitative estimate of drug-likeness (QED) is 0.610. The number of para-hydroxylation sites is 1. The number of rotatable bonds is 8. The molecule has 148 valence electrons. The number of hydrogen-bond donors (Lipinski definition) is 2. The Hall–Kier alpha value is -2.22. The molecule has 28 heavy (non-hydrogen) atoms. The molecule has 7 heteroatoms. The van der Waals surface area contributed by atoms with Gasteiger partial charge in [0.25, 0.3) is 0 Å². The number of piperazine rings is 1. The van der Waals surface area contributed by atoms with E-state index in [4.69, 9.17) is 4.98 Å². The summed E-state index contributed by atoms with van der Waals surface area (Å²) in [5.41, 5.74) is 0.971. The molecule has 4 rings (SSSR count). The van der Waals surface area contributed by atoms with Crippen LogP contribution in [0.25, 0.3) is 10.9 Å². The second-order valence-electron chi connectivity index (χ2n) is 7.24. The predicted octanol–water partition coefficient (Wildman–Crippen LogP) is 3.01. The SMILES string of the molecule is CN1CCN(CCNc2nc(NCCc3cccs3)nc3ccccc23)CC1. The van der Waals surface area contributed by atoms with Crippen molar-refractivity contribution in [3.8, 4) is 0 Å². The molecule has 1 aliphatic rings. The van der Waals surface area contributed by atoms with Crippen molar-refractivity contribution in [2.45, 2.75) is 6.42 Å². The van der Waals surface area contributed by atoms with Gasteiger partial charge in [-0.15, -0.1) is 11.3 Å². The molecule has 0 aliphatic carbocycles. The molecule has 1 aliphatic heterocycles. The highest BCUT2D eigenvalue weighted by Gasteiger charge is 2.13. The van der Waals surface area contributed by atoms with Crippen molar-refractivity contribution < 1.29 is 0 Å². The van der Waals surface area contributed by atoms with Crippen LogP contribution in [0.4, 0.5) is 11.8 Å². The van der Waals surface area contributed by atoms with Gasteiger partial charge in [0, 0.05) is 56.1 Å². The lowest BCUT2D eigenvalue weighted by Gasteiger charge is -2.32. The minimum atomic E-state index is 0.692. The van der Waals surface area contributed by atoms with Gasteiger partial charge in [-0.2, -0.15) is 4.98 Å². The molecule has 0 amide bonds. The number of nitrogens with one attached hydrogen (secondary N) is 2. The van der Waals surface area contributed by atoms with Crippen molar-refractivity contribution >= 4 is 34.0 Å². The van der Waals surface area contributed by atoms with Gasteiger partial charge in [-0.05, 0) is 37.0 Å². The summed E-state index contributed by atoms with van der Waals surface area (Å²) in [4.78, 5) is 15.7. The summed E-state index contributed by atoms with van der Waals surface area (Å²) in [6.45, 7) is 7.33. The summed E-state index contributed by atoms with van der Waals surface area (Å²) < 4.78 is 0. The van der Waals surface area contributed by atoms with Gasteiger partial charge in [-0.25, -0.2) is 4.98 Å². The van der Waals surface area contributed by atoms with Crippen molar-refractivity contribution in [2.75, 3.05) is 63.5 Å². The second kappa shape index (κ2) is 9.32. The molecule has 1 fully saturated rings. The number of benzene rings is 1. The molecule has 0 radical (unpaired) electrons. The van der Waals surface area contributed by atoms with Crippen LogP contribution in [0.2, 0.25) is 0 Å². The average Bonchev–Trinajstić information content (AvgIpc) is 3.23. The van der Waals surface area contributed by atoms with Crippen molar-refractivity contribution in [3.63, 3.8) is 0 Å². The normalized spacial score (nSPS) is 15.8. The highest BCUT2D eigenvalue weighted by Crippen LogP contribution is 2.22. The molecule has 0 unspecified atom stereocenters. The van der Waals surface area contributed by atoms with Gasteiger partial charge in [0.05, 0.1) is 5.52 Å². The number of hydrogen-bond acceptors (Lipinski definition) is 7. The average molecular weight is 397 g/mol. The Morgan fingerprint density at radius 2 is 1.82 bits per heavy atom. The van der Waals surface area contributed by atoms with Gasteiger partial charge in [0.2, 0.25) is 5.95 Å². The van der Waals surface area contributed by atoms with Gasteiger partial charge in [-0.3, -0.25) is 4.90 Å². The largest absolute Gasteiger partial charge is 0.368 e. The molecular formula is C21H28N6S. The number of thiophene rings is 1. The van der Waals surface area contributed by atoms with Crippen LogP contribution >= 0.6 is 11.3 Å². The van der Waals surface area contributed by atoms with Gasteiger partial charge in [-0.1, -0.05) is 18.2 Å². The van der Waals surface area contributed by atoms with E-state index >= 15 is 0 Å². The van der Waals surface area contributed by atoms with Crippen LogP contribution < -0.4 is 10.6 Å². The van der Waals surface area contributed by atoms with E-state index in [0.717, 1.165) is 69.0 Å². The van der Waals surface area contributed by atoms with E-state index in [1.807, 2.05) is 18.2 Å². The van der Waals surface area contributed by atoms with Crippen molar-refractivity contribution in [3.05, 3.63) is 46.7 Å². The summed E-state index contributed by atoms with van der Waals surface area (Å²) in [7, 11) is 2.19. The third-order valence-corrected chi connectivity index (χ3v) is 6.09. The lowest BCUT2D eigenvalue weighted by Crippen LogP contribution is -2.45. The Labute approximate surface area is 170 Å². The third-order valence-electron chi connectivity index (χ3n) is 5.15. The molecule has 0 spiro atoms. The summed E-state index contributed by atoms with van der Waals surface area (Å²) >= 11 is 1.79. The van der Waals surface area contributed by atoms with Gasteiger partial charge in [0.15, 0.2) is 0 Å². The van der Waals surface area contributed by atoms with E-state index in [9.17, 15) is 0 Å². The molecule has 1 saturated heterocycles. The summed E-state index contributed by atoms with van der Waals surface area (Å²) in [6, 6.07) is 12.5. The maximum Gasteiger partial charge on any atom is 0.225 e. The molecule has 0 atom stereocenters. The zero-order chi connectivity index (χ0) is 19.2. The molecule has 2 N–H and O–H groups in total. The van der Waals surface area contributed by atoms with Gasteiger partial charge < -0.3 is 15.5 Å². The maximum atomic E-state index is 4.76. The van der Waals surface area contributed by atoms with Crippen molar-refractivity contribution in [2.24, 2.45) is 0 Å². The fraction of sp³-hybridized carbons (Fsp3) is 0.429. The number of anilines is 2. The summed E-state index contributed by atoms with van der Waals surface area (Å²) in [6.07, 6.45) is 0.986. The van der Waals surface area contributed by atoms with E-state index in [0.29, 0.717) is 5.95 Å². The standard InChI is InChI=1S/C21H28N6S/c1-26-12-14-27(15-13-26)11-10-22-20-18-6-2-3-7-19(18)24-21(25-20)23-9-8-17-5-4-16-28-17/h2-7,16H,8-15H2,1H3,(H2,22,23,24,25). The van der Waals surface area contributed by atoms with Crippen LogP contribution in [0.3, 0.4) is 0 Å². The van der Waals surface area contributed by atoms with E-state index in [1.165, 1.54) is 4.88 Å². The van der Waals surface area contributed by atoms with Crippen molar-refractivity contribution in [1.29, 1.82) is 0 Å². The van der Waals surface area contributed by atoms with E-state index < -0.39 is 0 Å². The molecule has 0 bridgehead atoms. The minimum absolute atomic E-state index is 0.692. The van der Waals surface area contributed by atoms with Crippen LogP contribution in [0.15, 0.2) is 41.8 Å². The van der Waals surface area contributed by atoms with Crippen molar-refractivity contribution in [1.82, 2.24) is 19.8 Å². The van der Waals surface area contributed by atoms with Crippen LogP contribution in [-0.2, 0) is 6.42 Å². The zero-order valence-corrected chi connectivity index (χ0v) is 17.2. The first-order chi connectivity index (χ1) is 13.8. The van der Waals surface area contributed by atoms with Gasteiger partial charge >= 0.3 is 0 Å². The molecule has 0 saturated carbocycles. The molecule has 3 heterocycles. The first kappa shape index (κ1) is 19.1. The van der Waals surface area contributed by atoms with Crippen LogP contribution in [0, 0.1) is 0 Å². The zero-order valence-electron chi connectivity index (χ0n) is 16.4. The van der Waals surface area contributed by atoms with Crippen LogP contribution in [0.5, 0.6) is 0 Å². The third kappa shape index (κ3) is 4.98. The number of fused-ring (bicyclic) bond motifs is 1. The lowest BCUT2D eigenvalue weighted by atomic mass is 10.2. The lowest BCUT2D eigenvalue weighted by molar-refractivity contribution is 0.158. The Kier molecular flexibility index (Phi) is 6.36. The number of aromatic nitrogens is 2. The first-order valence-corrected chi connectivity index (χ1v) is 10.8. The Balaban J connectivity index is 1.39. The molecule has 2 aromatic heterocycles. The number of likely N-dealkylation sites (N-methyl/N-ethyl adjacent to an activating group) is 1. The topological polar surface area (TPSA) is 56.3 Å². The second-order valence-corrected chi connectivity index (χ2v) is 8.27. The fourth-order valence-corrected chi connectivity index (χ4v) is 4.16. The Morgan fingerprint density at radius 3 is 2.64 bits per heavy atom. The monoisotopic (exact) mass is 396 g/mol. The van der Waals surface area contributed by atoms with E-state index in [1.54, 1.807) is 11.3 Å². The smallest absolute Gasteiger partial charge is 0.225 e. The highest BCUT2D eigenvalue weighted by molar-refractivity contribution is 7.09. The Morgan fingerprint density at radius 1 is 0.964 bits per heavy atom. The van der Waals surface area contributed by atoms with Gasteiger partial charge in [0.1, 0.15) is 5.82 Å². The maximum absolute atomic E-state index is 4.76. The predicted molar refractivity (Wildman–Crippen MR) is 118 cm³/mol. The molecule has 1 aromatic carbocycles. The van der Waals surface area contributed by atoms with Crippen LogP contribution in [-0.4, -0.2) is 72.6 Å². The minimum Gasteiger partial charge on any atom is -0.368 e.